The molecule has 0 saturated heterocycles. The Bertz CT molecular complexity index is 627. The van der Waals surface area contributed by atoms with Crippen LogP contribution in [-0.2, 0) is 13.1 Å². The Balaban J connectivity index is 1.67. The van der Waals surface area contributed by atoms with Gasteiger partial charge in [-0.15, -0.1) is 10.2 Å². The lowest BCUT2D eigenvalue weighted by Gasteiger charge is -2.11. The lowest BCUT2D eigenvalue weighted by atomic mass is 10.4. The minimum absolute atomic E-state index is 0.605. The van der Waals surface area contributed by atoms with Crippen LogP contribution in [0.25, 0.3) is 4.96 Å². The molecular formula is C11H13N5OS. The summed E-state index contributed by atoms with van der Waals surface area (Å²) >= 11 is 1.69. The molecule has 3 aromatic heterocycles. The molecule has 0 unspecified atom stereocenters. The first-order valence-corrected chi connectivity index (χ1v) is 6.41. The number of imidazole rings is 1. The number of aromatic nitrogens is 4. The molecule has 3 heterocycles. The van der Waals surface area contributed by atoms with Crippen molar-refractivity contribution in [2.75, 3.05) is 7.05 Å². The van der Waals surface area contributed by atoms with Crippen LogP contribution in [0.1, 0.15) is 16.7 Å². The van der Waals surface area contributed by atoms with E-state index < -0.39 is 0 Å². The summed E-state index contributed by atoms with van der Waals surface area (Å²) in [5.41, 5.74) is 0. The van der Waals surface area contributed by atoms with Crippen LogP contribution in [0.2, 0.25) is 0 Å². The van der Waals surface area contributed by atoms with E-state index in [-0.39, 0.29) is 0 Å². The van der Waals surface area contributed by atoms with Crippen molar-refractivity contribution in [2.45, 2.75) is 20.0 Å². The first-order chi connectivity index (χ1) is 8.70. The molecule has 0 radical (unpaired) electrons. The highest BCUT2D eigenvalue weighted by molar-refractivity contribution is 7.17. The zero-order valence-corrected chi connectivity index (χ0v) is 11.0. The Morgan fingerprint density at radius 3 is 3.00 bits per heavy atom. The lowest BCUT2D eigenvalue weighted by Crippen LogP contribution is -2.16. The Hall–Kier alpha value is -1.73. The normalized spacial score (nSPS) is 11.7. The Labute approximate surface area is 108 Å². The number of nitrogens with zero attached hydrogens (tertiary/aromatic N) is 5. The molecule has 6 nitrogen and oxygen atoms in total. The monoisotopic (exact) mass is 263 g/mol. The van der Waals surface area contributed by atoms with Crippen LogP contribution in [0.3, 0.4) is 0 Å². The molecule has 0 amide bonds. The lowest BCUT2D eigenvalue weighted by molar-refractivity contribution is 0.280. The Morgan fingerprint density at radius 2 is 2.28 bits per heavy atom. The molecule has 0 aliphatic rings. The van der Waals surface area contributed by atoms with E-state index in [1.807, 2.05) is 17.6 Å². The van der Waals surface area contributed by atoms with Crippen molar-refractivity contribution in [2.24, 2.45) is 0 Å². The van der Waals surface area contributed by atoms with Gasteiger partial charge in [-0.05, 0) is 7.05 Å². The molecular weight excluding hydrogens is 250 g/mol. The predicted octanol–water partition coefficient (Wildman–Crippen LogP) is 1.72. The smallest absolute Gasteiger partial charge is 0.230 e. The number of aryl methyl sites for hydroxylation is 1. The van der Waals surface area contributed by atoms with Crippen LogP contribution in [0.15, 0.2) is 23.0 Å². The third-order valence-corrected chi connectivity index (χ3v) is 3.53. The van der Waals surface area contributed by atoms with Crippen LogP contribution in [-0.4, -0.2) is 31.5 Å². The van der Waals surface area contributed by atoms with E-state index in [2.05, 4.69) is 26.3 Å². The van der Waals surface area contributed by atoms with Gasteiger partial charge in [0.15, 0.2) is 4.96 Å². The second kappa shape index (κ2) is 4.51. The van der Waals surface area contributed by atoms with E-state index in [1.165, 1.54) is 4.88 Å². The summed E-state index contributed by atoms with van der Waals surface area (Å²) in [5.74, 6) is 1.25. The molecule has 0 atom stereocenters. The molecule has 0 aliphatic heterocycles. The molecule has 7 heteroatoms. The average Bonchev–Trinajstić information content (AvgIpc) is 2.94. The van der Waals surface area contributed by atoms with Gasteiger partial charge < -0.3 is 4.42 Å². The van der Waals surface area contributed by atoms with Crippen molar-refractivity contribution in [3.63, 3.8) is 0 Å². The predicted molar refractivity (Wildman–Crippen MR) is 67.3 cm³/mol. The van der Waals surface area contributed by atoms with E-state index >= 15 is 0 Å². The van der Waals surface area contributed by atoms with Crippen molar-refractivity contribution < 1.29 is 4.42 Å². The molecule has 0 bridgehead atoms. The summed E-state index contributed by atoms with van der Waals surface area (Å²) in [6.45, 7) is 3.29. The average molecular weight is 263 g/mol. The van der Waals surface area contributed by atoms with Gasteiger partial charge >= 0.3 is 0 Å². The van der Waals surface area contributed by atoms with Gasteiger partial charge in [0.25, 0.3) is 0 Å². The number of rotatable bonds is 4. The van der Waals surface area contributed by atoms with Crippen molar-refractivity contribution in [1.29, 1.82) is 0 Å². The second-order valence-electron chi connectivity index (χ2n) is 4.20. The molecule has 0 N–H and O–H groups in total. The van der Waals surface area contributed by atoms with E-state index in [0.717, 1.165) is 11.5 Å². The fraction of sp³-hybridized carbons (Fsp3) is 0.364. The highest BCUT2D eigenvalue weighted by Crippen LogP contribution is 2.18. The van der Waals surface area contributed by atoms with Crippen LogP contribution in [0, 0.1) is 6.92 Å². The van der Waals surface area contributed by atoms with Crippen LogP contribution in [0.4, 0.5) is 0 Å². The van der Waals surface area contributed by atoms with Crippen LogP contribution >= 0.6 is 11.3 Å². The fourth-order valence-electron chi connectivity index (χ4n) is 1.80. The van der Waals surface area contributed by atoms with E-state index in [9.17, 15) is 0 Å². The topological polar surface area (TPSA) is 59.5 Å². The second-order valence-corrected chi connectivity index (χ2v) is 5.30. The summed E-state index contributed by atoms with van der Waals surface area (Å²) in [5, 5.41) is 7.81. The Morgan fingerprint density at radius 1 is 1.39 bits per heavy atom. The van der Waals surface area contributed by atoms with Gasteiger partial charge in [-0.25, -0.2) is 4.98 Å². The van der Waals surface area contributed by atoms with Crippen LogP contribution in [0.5, 0.6) is 0 Å². The largest absolute Gasteiger partial charge is 0.424 e. The van der Waals surface area contributed by atoms with Crippen molar-refractivity contribution in [3.05, 3.63) is 35.2 Å². The van der Waals surface area contributed by atoms with Gasteiger partial charge in [0.2, 0.25) is 11.8 Å². The van der Waals surface area contributed by atoms with Gasteiger partial charge in [-0.3, -0.25) is 9.30 Å². The zero-order chi connectivity index (χ0) is 12.5. The van der Waals surface area contributed by atoms with Crippen molar-refractivity contribution >= 4 is 16.3 Å². The van der Waals surface area contributed by atoms with Gasteiger partial charge in [0.05, 0.1) is 6.54 Å². The fourth-order valence-corrected chi connectivity index (χ4v) is 2.82. The number of hydrogen-bond acceptors (Lipinski definition) is 6. The van der Waals surface area contributed by atoms with E-state index in [4.69, 9.17) is 4.42 Å². The van der Waals surface area contributed by atoms with Gasteiger partial charge in [-0.1, -0.05) is 11.3 Å². The number of hydrogen-bond donors (Lipinski definition) is 0. The molecule has 18 heavy (non-hydrogen) atoms. The maximum atomic E-state index is 5.36. The van der Waals surface area contributed by atoms with E-state index in [0.29, 0.717) is 18.3 Å². The number of fused-ring (bicyclic) bond motifs is 1. The highest BCUT2D eigenvalue weighted by Gasteiger charge is 2.09. The minimum atomic E-state index is 0.605. The molecule has 0 saturated carbocycles. The first kappa shape index (κ1) is 11.4. The van der Waals surface area contributed by atoms with Gasteiger partial charge in [0, 0.05) is 36.9 Å². The summed E-state index contributed by atoms with van der Waals surface area (Å²) in [6, 6.07) is 0. The molecule has 0 spiro atoms. The first-order valence-electron chi connectivity index (χ1n) is 5.59. The third kappa shape index (κ3) is 2.27. The molecule has 94 valence electrons. The van der Waals surface area contributed by atoms with Gasteiger partial charge in [-0.2, -0.15) is 0 Å². The molecule has 3 aromatic rings. The van der Waals surface area contributed by atoms with Crippen molar-refractivity contribution in [3.8, 4) is 0 Å². The quantitative estimate of drug-likeness (QED) is 0.717. The third-order valence-electron chi connectivity index (χ3n) is 2.54. The number of thiazole rings is 1. The summed E-state index contributed by atoms with van der Waals surface area (Å²) in [6.07, 6.45) is 5.86. The molecule has 0 fully saturated rings. The summed E-state index contributed by atoms with van der Waals surface area (Å²) in [7, 11) is 2.03. The zero-order valence-electron chi connectivity index (χ0n) is 10.2. The maximum absolute atomic E-state index is 5.36. The summed E-state index contributed by atoms with van der Waals surface area (Å²) < 4.78 is 7.39. The van der Waals surface area contributed by atoms with Gasteiger partial charge in [0.1, 0.15) is 0 Å². The maximum Gasteiger partial charge on any atom is 0.230 e. The molecule has 0 aromatic carbocycles. The van der Waals surface area contributed by atoms with Crippen LogP contribution < -0.4 is 0 Å². The standard InChI is InChI=1S/C11H13N5OS/c1-8-13-14-10(17-8)7-15(2)5-9-6-16-4-3-12-11(16)18-9/h3-4,6H,5,7H2,1-2H3. The molecule has 0 aliphatic carbocycles. The Kier molecular flexibility index (Phi) is 2.85. The SMILES string of the molecule is Cc1nnc(CN(C)Cc2cn3ccnc3s2)o1. The van der Waals surface area contributed by atoms with Crippen molar-refractivity contribution in [1.82, 2.24) is 24.5 Å². The highest BCUT2D eigenvalue weighted by atomic mass is 32.1. The van der Waals surface area contributed by atoms with E-state index in [1.54, 1.807) is 24.5 Å². The molecule has 3 rings (SSSR count). The minimum Gasteiger partial charge on any atom is -0.424 e. The summed E-state index contributed by atoms with van der Waals surface area (Å²) in [4.78, 5) is 8.67.